The van der Waals surface area contributed by atoms with E-state index in [4.69, 9.17) is 0 Å². The third-order valence-electron chi connectivity index (χ3n) is 4.54. The van der Waals surface area contributed by atoms with Gasteiger partial charge in [-0.2, -0.15) is 0 Å². The van der Waals surface area contributed by atoms with Crippen molar-refractivity contribution in [3.05, 3.63) is 42.1 Å². The van der Waals surface area contributed by atoms with Crippen LogP contribution in [0.2, 0.25) is 0 Å². The van der Waals surface area contributed by atoms with E-state index in [0.717, 1.165) is 12.1 Å². The fourth-order valence-corrected chi connectivity index (χ4v) is 3.49. The fourth-order valence-electron chi connectivity index (χ4n) is 3.49. The lowest BCUT2D eigenvalue weighted by atomic mass is 9.67. The molecule has 1 aliphatic rings. The SMILES string of the molecule is CC(C)(C)C1(c2cccc3ncccc23)CCCN1. The summed E-state index contributed by atoms with van der Waals surface area (Å²) < 4.78 is 0. The molecule has 0 spiro atoms. The molecule has 1 aromatic heterocycles. The Morgan fingerprint density at radius 2 is 2.00 bits per heavy atom. The second kappa shape index (κ2) is 4.31. The van der Waals surface area contributed by atoms with Crippen LogP contribution in [0.3, 0.4) is 0 Å². The fraction of sp³-hybridized carbons (Fsp3) is 0.471. The monoisotopic (exact) mass is 254 g/mol. The summed E-state index contributed by atoms with van der Waals surface area (Å²) in [5, 5.41) is 5.08. The lowest BCUT2D eigenvalue weighted by Gasteiger charge is -2.43. The number of hydrogen-bond donors (Lipinski definition) is 1. The van der Waals surface area contributed by atoms with Crippen molar-refractivity contribution in [2.75, 3.05) is 6.54 Å². The summed E-state index contributed by atoms with van der Waals surface area (Å²) in [6.45, 7) is 8.11. The molecule has 0 aliphatic carbocycles. The molecule has 0 amide bonds. The first kappa shape index (κ1) is 12.6. The van der Waals surface area contributed by atoms with E-state index in [1.807, 2.05) is 12.3 Å². The van der Waals surface area contributed by atoms with Gasteiger partial charge in [0.15, 0.2) is 0 Å². The maximum absolute atomic E-state index is 4.50. The molecule has 2 aromatic rings. The minimum Gasteiger partial charge on any atom is -0.307 e. The zero-order chi connectivity index (χ0) is 13.5. The summed E-state index contributed by atoms with van der Waals surface area (Å²) in [4.78, 5) is 4.50. The van der Waals surface area contributed by atoms with Crippen LogP contribution in [0.1, 0.15) is 39.2 Å². The predicted octanol–water partition coefficient (Wildman–Crippen LogP) is 3.86. The van der Waals surface area contributed by atoms with Crippen molar-refractivity contribution >= 4 is 10.9 Å². The van der Waals surface area contributed by atoms with Crippen molar-refractivity contribution in [2.45, 2.75) is 39.2 Å². The van der Waals surface area contributed by atoms with E-state index in [1.54, 1.807) is 0 Å². The predicted molar refractivity (Wildman–Crippen MR) is 80.1 cm³/mol. The molecule has 1 aromatic carbocycles. The van der Waals surface area contributed by atoms with Crippen LogP contribution in [0.15, 0.2) is 36.5 Å². The Kier molecular flexibility index (Phi) is 2.86. The summed E-state index contributed by atoms with van der Waals surface area (Å²) >= 11 is 0. The quantitative estimate of drug-likeness (QED) is 0.836. The maximum Gasteiger partial charge on any atom is 0.0705 e. The highest BCUT2D eigenvalue weighted by atomic mass is 15.0. The van der Waals surface area contributed by atoms with Crippen LogP contribution >= 0.6 is 0 Å². The van der Waals surface area contributed by atoms with Gasteiger partial charge in [0.25, 0.3) is 0 Å². The van der Waals surface area contributed by atoms with Crippen LogP contribution < -0.4 is 5.32 Å². The first-order valence-corrected chi connectivity index (χ1v) is 7.14. The van der Waals surface area contributed by atoms with Crippen molar-refractivity contribution in [3.8, 4) is 0 Å². The maximum atomic E-state index is 4.50. The number of benzene rings is 1. The van der Waals surface area contributed by atoms with E-state index in [0.29, 0.717) is 0 Å². The van der Waals surface area contributed by atoms with Gasteiger partial charge in [-0.1, -0.05) is 39.0 Å². The number of nitrogens with one attached hydrogen (secondary N) is 1. The molecule has 2 heterocycles. The van der Waals surface area contributed by atoms with Gasteiger partial charge in [-0.25, -0.2) is 0 Å². The molecule has 19 heavy (non-hydrogen) atoms. The van der Waals surface area contributed by atoms with Crippen LogP contribution in [-0.2, 0) is 5.54 Å². The second-order valence-electron chi connectivity index (χ2n) is 6.56. The Balaban J connectivity index is 2.27. The largest absolute Gasteiger partial charge is 0.307 e. The number of nitrogens with zero attached hydrogens (tertiary/aromatic N) is 1. The van der Waals surface area contributed by atoms with E-state index >= 15 is 0 Å². The van der Waals surface area contributed by atoms with Crippen molar-refractivity contribution < 1.29 is 0 Å². The molecule has 2 heteroatoms. The Morgan fingerprint density at radius 3 is 2.68 bits per heavy atom. The summed E-state index contributed by atoms with van der Waals surface area (Å²) in [6, 6.07) is 10.7. The zero-order valence-electron chi connectivity index (χ0n) is 12.0. The van der Waals surface area contributed by atoms with E-state index in [-0.39, 0.29) is 11.0 Å². The molecule has 0 radical (unpaired) electrons. The van der Waals surface area contributed by atoms with Gasteiger partial charge in [0.1, 0.15) is 0 Å². The van der Waals surface area contributed by atoms with Gasteiger partial charge in [-0.3, -0.25) is 4.98 Å². The third-order valence-corrected chi connectivity index (χ3v) is 4.54. The average molecular weight is 254 g/mol. The number of aromatic nitrogens is 1. The number of hydrogen-bond acceptors (Lipinski definition) is 2. The van der Waals surface area contributed by atoms with E-state index in [9.17, 15) is 0 Å². The highest BCUT2D eigenvalue weighted by molar-refractivity contribution is 5.83. The van der Waals surface area contributed by atoms with Crippen molar-refractivity contribution in [2.24, 2.45) is 5.41 Å². The number of rotatable bonds is 1. The molecule has 2 nitrogen and oxygen atoms in total. The van der Waals surface area contributed by atoms with Crippen LogP contribution in [0.25, 0.3) is 10.9 Å². The molecule has 1 N–H and O–H groups in total. The second-order valence-corrected chi connectivity index (χ2v) is 6.56. The van der Waals surface area contributed by atoms with E-state index in [1.165, 1.54) is 23.8 Å². The van der Waals surface area contributed by atoms with Crippen molar-refractivity contribution in [1.29, 1.82) is 0 Å². The molecule has 1 aliphatic heterocycles. The summed E-state index contributed by atoms with van der Waals surface area (Å²) in [6.07, 6.45) is 4.32. The first-order valence-electron chi connectivity index (χ1n) is 7.14. The van der Waals surface area contributed by atoms with Crippen LogP contribution in [0, 0.1) is 5.41 Å². The Hall–Kier alpha value is -1.41. The van der Waals surface area contributed by atoms with Gasteiger partial charge in [-0.05, 0) is 42.5 Å². The Bertz CT molecular complexity index is 584. The summed E-state index contributed by atoms with van der Waals surface area (Å²) in [5.41, 5.74) is 2.75. The molecule has 1 fully saturated rings. The van der Waals surface area contributed by atoms with Gasteiger partial charge in [-0.15, -0.1) is 0 Å². The van der Waals surface area contributed by atoms with Crippen LogP contribution in [-0.4, -0.2) is 11.5 Å². The van der Waals surface area contributed by atoms with Gasteiger partial charge in [0.05, 0.1) is 5.52 Å². The number of fused-ring (bicyclic) bond motifs is 1. The highest BCUT2D eigenvalue weighted by Crippen LogP contribution is 2.47. The average Bonchev–Trinajstić information content (AvgIpc) is 2.88. The minimum absolute atomic E-state index is 0.0650. The van der Waals surface area contributed by atoms with Gasteiger partial charge >= 0.3 is 0 Å². The molecule has 0 bridgehead atoms. The highest BCUT2D eigenvalue weighted by Gasteiger charge is 2.45. The van der Waals surface area contributed by atoms with Gasteiger partial charge in [0, 0.05) is 17.1 Å². The summed E-state index contributed by atoms with van der Waals surface area (Å²) in [7, 11) is 0. The third kappa shape index (κ3) is 1.86. The van der Waals surface area contributed by atoms with Crippen molar-refractivity contribution in [1.82, 2.24) is 10.3 Å². The Morgan fingerprint density at radius 1 is 1.16 bits per heavy atom. The molecule has 0 saturated carbocycles. The lowest BCUT2D eigenvalue weighted by Crippen LogP contribution is -2.48. The van der Waals surface area contributed by atoms with E-state index < -0.39 is 0 Å². The van der Waals surface area contributed by atoms with Crippen LogP contribution in [0.4, 0.5) is 0 Å². The molecule has 1 atom stereocenters. The normalized spacial score (nSPS) is 23.9. The number of pyridine rings is 1. The summed E-state index contributed by atoms with van der Waals surface area (Å²) in [5.74, 6) is 0. The standard InChI is InChI=1S/C17H22N2/c1-16(2,3)17(10-6-12-19-17)14-8-4-9-15-13(14)7-5-11-18-15/h4-5,7-9,11,19H,6,10,12H2,1-3H3. The van der Waals surface area contributed by atoms with E-state index in [2.05, 4.69) is 55.3 Å². The molecule has 3 rings (SSSR count). The zero-order valence-corrected chi connectivity index (χ0v) is 12.0. The lowest BCUT2D eigenvalue weighted by molar-refractivity contribution is 0.162. The van der Waals surface area contributed by atoms with Gasteiger partial charge in [0.2, 0.25) is 0 Å². The molecule has 100 valence electrons. The molecular weight excluding hydrogens is 232 g/mol. The first-order chi connectivity index (χ1) is 9.05. The Labute approximate surface area is 115 Å². The molecule has 1 saturated heterocycles. The smallest absolute Gasteiger partial charge is 0.0705 e. The minimum atomic E-state index is 0.0650. The van der Waals surface area contributed by atoms with Gasteiger partial charge < -0.3 is 5.32 Å². The molecule has 1 unspecified atom stereocenters. The topological polar surface area (TPSA) is 24.9 Å². The van der Waals surface area contributed by atoms with Crippen molar-refractivity contribution in [3.63, 3.8) is 0 Å². The van der Waals surface area contributed by atoms with Crippen LogP contribution in [0.5, 0.6) is 0 Å². The molecular formula is C17H22N2.